The van der Waals surface area contributed by atoms with Crippen LogP contribution in [0.2, 0.25) is 0 Å². The molecule has 2 aromatic carbocycles. The molecular weight excluding hydrogens is 226 g/mol. The molecule has 0 aliphatic rings. The number of aromatic hydroxyl groups is 1. The SMILES string of the molecule is CC(=O)c1cccc(N=Cc2ccccc2O)c1. The number of aliphatic imine (C=N–C) groups is 1. The second kappa shape index (κ2) is 5.27. The quantitative estimate of drug-likeness (QED) is 0.659. The second-order valence-corrected chi connectivity index (χ2v) is 3.92. The molecule has 0 bridgehead atoms. The van der Waals surface area contributed by atoms with E-state index in [0.29, 0.717) is 16.8 Å². The van der Waals surface area contributed by atoms with Crippen LogP contribution in [0, 0.1) is 0 Å². The zero-order valence-electron chi connectivity index (χ0n) is 10.00. The third-order valence-corrected chi connectivity index (χ3v) is 2.54. The number of phenols is 1. The maximum Gasteiger partial charge on any atom is 0.159 e. The Labute approximate surface area is 105 Å². The van der Waals surface area contributed by atoms with Crippen molar-refractivity contribution in [2.75, 3.05) is 0 Å². The Morgan fingerprint density at radius 1 is 1.17 bits per heavy atom. The Balaban J connectivity index is 2.27. The van der Waals surface area contributed by atoms with Crippen molar-refractivity contribution in [3.63, 3.8) is 0 Å². The van der Waals surface area contributed by atoms with Crippen molar-refractivity contribution in [2.45, 2.75) is 6.92 Å². The molecule has 90 valence electrons. The number of ketones is 1. The van der Waals surface area contributed by atoms with E-state index >= 15 is 0 Å². The van der Waals surface area contributed by atoms with Gasteiger partial charge in [0, 0.05) is 17.3 Å². The van der Waals surface area contributed by atoms with E-state index in [2.05, 4.69) is 4.99 Å². The summed E-state index contributed by atoms with van der Waals surface area (Å²) in [4.78, 5) is 15.5. The first kappa shape index (κ1) is 12.0. The van der Waals surface area contributed by atoms with Crippen LogP contribution in [0.15, 0.2) is 53.5 Å². The van der Waals surface area contributed by atoms with Crippen molar-refractivity contribution in [1.82, 2.24) is 0 Å². The highest BCUT2D eigenvalue weighted by atomic mass is 16.3. The lowest BCUT2D eigenvalue weighted by Crippen LogP contribution is -1.90. The van der Waals surface area contributed by atoms with Crippen molar-refractivity contribution in [2.24, 2.45) is 4.99 Å². The van der Waals surface area contributed by atoms with Crippen molar-refractivity contribution in [1.29, 1.82) is 0 Å². The van der Waals surface area contributed by atoms with Gasteiger partial charge in [0.05, 0.1) is 5.69 Å². The van der Waals surface area contributed by atoms with Gasteiger partial charge in [0.25, 0.3) is 0 Å². The van der Waals surface area contributed by atoms with Crippen molar-refractivity contribution in [3.8, 4) is 5.75 Å². The molecule has 0 spiro atoms. The van der Waals surface area contributed by atoms with E-state index < -0.39 is 0 Å². The molecule has 2 rings (SSSR count). The molecule has 0 saturated heterocycles. The van der Waals surface area contributed by atoms with Gasteiger partial charge < -0.3 is 5.11 Å². The van der Waals surface area contributed by atoms with Crippen LogP contribution in [0.5, 0.6) is 5.75 Å². The molecule has 0 heterocycles. The van der Waals surface area contributed by atoms with Gasteiger partial charge in [0.2, 0.25) is 0 Å². The van der Waals surface area contributed by atoms with Gasteiger partial charge in [0.1, 0.15) is 5.75 Å². The van der Waals surface area contributed by atoms with E-state index in [1.54, 1.807) is 42.6 Å². The van der Waals surface area contributed by atoms with E-state index in [4.69, 9.17) is 0 Å². The zero-order valence-corrected chi connectivity index (χ0v) is 10.00. The van der Waals surface area contributed by atoms with Gasteiger partial charge in [-0.2, -0.15) is 0 Å². The summed E-state index contributed by atoms with van der Waals surface area (Å²) in [6.07, 6.45) is 1.58. The van der Waals surface area contributed by atoms with Crippen molar-refractivity contribution >= 4 is 17.7 Å². The Kier molecular flexibility index (Phi) is 3.53. The molecule has 3 nitrogen and oxygen atoms in total. The van der Waals surface area contributed by atoms with Gasteiger partial charge in [-0.1, -0.05) is 24.3 Å². The van der Waals surface area contributed by atoms with Crippen LogP contribution in [0.1, 0.15) is 22.8 Å². The minimum atomic E-state index is 0.00890. The number of para-hydroxylation sites is 1. The predicted octanol–water partition coefficient (Wildman–Crippen LogP) is 3.35. The van der Waals surface area contributed by atoms with Crippen molar-refractivity contribution < 1.29 is 9.90 Å². The molecule has 0 aliphatic heterocycles. The summed E-state index contributed by atoms with van der Waals surface area (Å²) >= 11 is 0. The summed E-state index contributed by atoms with van der Waals surface area (Å²) in [6, 6.07) is 14.0. The molecule has 0 fully saturated rings. The van der Waals surface area contributed by atoms with E-state index in [-0.39, 0.29) is 11.5 Å². The average Bonchev–Trinajstić information content (AvgIpc) is 2.38. The molecule has 1 N–H and O–H groups in total. The zero-order chi connectivity index (χ0) is 13.0. The number of carbonyl (C=O) groups excluding carboxylic acids is 1. The summed E-state index contributed by atoms with van der Waals surface area (Å²) in [6.45, 7) is 1.52. The number of hydrogen-bond acceptors (Lipinski definition) is 3. The first-order chi connectivity index (χ1) is 8.66. The predicted molar refractivity (Wildman–Crippen MR) is 71.8 cm³/mol. The summed E-state index contributed by atoms with van der Waals surface area (Å²) < 4.78 is 0. The molecule has 2 aromatic rings. The number of phenolic OH excluding ortho intramolecular Hbond substituents is 1. The van der Waals surface area contributed by atoms with Gasteiger partial charge in [-0.3, -0.25) is 9.79 Å². The fourth-order valence-electron chi connectivity index (χ4n) is 1.55. The number of rotatable bonds is 3. The smallest absolute Gasteiger partial charge is 0.159 e. The molecule has 0 aromatic heterocycles. The molecule has 3 heteroatoms. The summed E-state index contributed by atoms with van der Waals surface area (Å²) in [5.74, 6) is 0.193. The van der Waals surface area contributed by atoms with Crippen LogP contribution >= 0.6 is 0 Å². The molecule has 0 atom stereocenters. The Bertz CT molecular complexity index is 603. The standard InChI is InChI=1S/C15H13NO2/c1-11(17)12-6-4-7-14(9-12)16-10-13-5-2-3-8-15(13)18/h2-10,18H,1H3. The third-order valence-electron chi connectivity index (χ3n) is 2.54. The largest absolute Gasteiger partial charge is 0.507 e. The number of benzene rings is 2. The van der Waals surface area contributed by atoms with Gasteiger partial charge in [-0.15, -0.1) is 0 Å². The molecule has 18 heavy (non-hydrogen) atoms. The van der Waals surface area contributed by atoms with Crippen LogP contribution < -0.4 is 0 Å². The van der Waals surface area contributed by atoms with Crippen LogP contribution in [0.25, 0.3) is 0 Å². The van der Waals surface area contributed by atoms with Gasteiger partial charge in [0.15, 0.2) is 5.78 Å². The summed E-state index contributed by atoms with van der Waals surface area (Å²) in [7, 11) is 0. The Morgan fingerprint density at radius 3 is 2.67 bits per heavy atom. The topological polar surface area (TPSA) is 49.7 Å². The van der Waals surface area contributed by atoms with E-state index in [0.717, 1.165) is 0 Å². The molecule has 0 amide bonds. The van der Waals surface area contributed by atoms with E-state index in [1.807, 2.05) is 12.1 Å². The molecule has 0 radical (unpaired) electrons. The molecule has 0 aliphatic carbocycles. The van der Waals surface area contributed by atoms with Crippen molar-refractivity contribution in [3.05, 3.63) is 59.7 Å². The van der Waals surface area contributed by atoms with Crippen LogP contribution in [-0.4, -0.2) is 17.1 Å². The molecular formula is C15H13NO2. The first-order valence-electron chi connectivity index (χ1n) is 5.60. The van der Waals surface area contributed by atoms with Crippen LogP contribution in [0.3, 0.4) is 0 Å². The normalized spacial score (nSPS) is 10.7. The minimum absolute atomic E-state index is 0.00890. The van der Waals surface area contributed by atoms with Gasteiger partial charge in [-0.05, 0) is 31.2 Å². The third kappa shape index (κ3) is 2.83. The van der Waals surface area contributed by atoms with Gasteiger partial charge >= 0.3 is 0 Å². The highest BCUT2D eigenvalue weighted by molar-refractivity contribution is 5.95. The van der Waals surface area contributed by atoms with E-state index in [9.17, 15) is 9.90 Å². The summed E-state index contributed by atoms with van der Waals surface area (Å²) in [5.41, 5.74) is 1.96. The number of hydrogen-bond donors (Lipinski definition) is 1. The van der Waals surface area contributed by atoms with E-state index in [1.165, 1.54) is 6.92 Å². The average molecular weight is 239 g/mol. The fourth-order valence-corrected chi connectivity index (χ4v) is 1.55. The first-order valence-corrected chi connectivity index (χ1v) is 5.60. The maximum atomic E-state index is 11.2. The second-order valence-electron chi connectivity index (χ2n) is 3.92. The monoisotopic (exact) mass is 239 g/mol. The molecule has 0 unspecified atom stereocenters. The number of carbonyl (C=O) groups is 1. The van der Waals surface area contributed by atoms with Crippen LogP contribution in [-0.2, 0) is 0 Å². The number of Topliss-reactive ketones (excluding diaryl/α,β-unsaturated/α-hetero) is 1. The summed E-state index contributed by atoms with van der Waals surface area (Å²) in [5, 5.41) is 9.59. The Morgan fingerprint density at radius 2 is 1.94 bits per heavy atom. The van der Waals surface area contributed by atoms with Gasteiger partial charge in [-0.25, -0.2) is 0 Å². The lowest BCUT2D eigenvalue weighted by atomic mass is 10.1. The fraction of sp³-hybridized carbons (Fsp3) is 0.0667. The number of nitrogens with zero attached hydrogens (tertiary/aromatic N) is 1. The lowest BCUT2D eigenvalue weighted by molar-refractivity contribution is 0.101. The minimum Gasteiger partial charge on any atom is -0.507 e. The Hall–Kier alpha value is -2.42. The maximum absolute atomic E-state index is 11.2. The lowest BCUT2D eigenvalue weighted by Gasteiger charge is -1.99. The van der Waals surface area contributed by atoms with Crippen LogP contribution in [0.4, 0.5) is 5.69 Å². The highest BCUT2D eigenvalue weighted by Crippen LogP contribution is 2.17. The highest BCUT2D eigenvalue weighted by Gasteiger charge is 1.99. The molecule has 0 saturated carbocycles.